The van der Waals surface area contributed by atoms with E-state index in [0.29, 0.717) is 23.5 Å². The predicted octanol–water partition coefficient (Wildman–Crippen LogP) is 0.449. The summed E-state index contributed by atoms with van der Waals surface area (Å²) in [4.78, 5) is 25.2. The van der Waals surface area contributed by atoms with E-state index < -0.39 is 0 Å². The molecule has 0 saturated heterocycles. The third-order valence-electron chi connectivity index (χ3n) is 2.70. The smallest absolute Gasteiger partial charge is 0.256 e. The summed E-state index contributed by atoms with van der Waals surface area (Å²) in [6.45, 7) is 2.46. The van der Waals surface area contributed by atoms with Crippen molar-refractivity contribution in [3.05, 3.63) is 23.8 Å². The molecule has 0 aromatic heterocycles. The first-order valence-electron chi connectivity index (χ1n) is 6.14. The lowest BCUT2D eigenvalue weighted by Crippen LogP contribution is -2.40. The molecule has 0 aliphatic carbocycles. The summed E-state index contributed by atoms with van der Waals surface area (Å²) in [5, 5.41) is 2.50. The molecule has 6 heteroatoms. The Labute approximate surface area is 112 Å². The Morgan fingerprint density at radius 3 is 2.53 bits per heavy atom. The van der Waals surface area contributed by atoms with Gasteiger partial charge in [0.1, 0.15) is 0 Å². The minimum Gasteiger partial charge on any atom is -0.399 e. The van der Waals surface area contributed by atoms with E-state index in [1.165, 1.54) is 18.0 Å². The molecule has 5 N–H and O–H groups in total. The molecule has 1 aromatic carbocycles. The van der Waals surface area contributed by atoms with Crippen LogP contribution < -0.4 is 16.8 Å². The van der Waals surface area contributed by atoms with Gasteiger partial charge >= 0.3 is 0 Å². The zero-order valence-electron chi connectivity index (χ0n) is 11.3. The van der Waals surface area contributed by atoms with Gasteiger partial charge in [0.05, 0.1) is 12.1 Å². The predicted molar refractivity (Wildman–Crippen MR) is 75.5 cm³/mol. The highest BCUT2D eigenvalue weighted by atomic mass is 16.2. The van der Waals surface area contributed by atoms with E-state index >= 15 is 0 Å². The van der Waals surface area contributed by atoms with Crippen LogP contribution in [-0.2, 0) is 4.79 Å². The van der Waals surface area contributed by atoms with Crippen molar-refractivity contribution in [3.8, 4) is 0 Å². The molecule has 2 amide bonds. The number of carbonyl (C=O) groups excluding carboxylic acids is 2. The molecule has 6 nitrogen and oxygen atoms in total. The van der Waals surface area contributed by atoms with Gasteiger partial charge in [-0.2, -0.15) is 0 Å². The molecule has 0 bridgehead atoms. The Hall–Kier alpha value is -2.24. The number of likely N-dealkylation sites (N-methyl/N-ethyl adjacent to an activating group) is 1. The van der Waals surface area contributed by atoms with Gasteiger partial charge in [0.15, 0.2) is 0 Å². The lowest BCUT2D eigenvalue weighted by molar-refractivity contribution is -0.121. The highest BCUT2D eigenvalue weighted by Crippen LogP contribution is 2.17. The second-order valence-corrected chi connectivity index (χ2v) is 4.25. The zero-order chi connectivity index (χ0) is 14.4. The van der Waals surface area contributed by atoms with E-state index in [0.717, 1.165) is 6.42 Å². The number of hydrogen-bond donors (Lipinski definition) is 3. The number of nitrogen functional groups attached to an aromatic ring is 2. The van der Waals surface area contributed by atoms with E-state index in [9.17, 15) is 9.59 Å². The molecule has 19 heavy (non-hydrogen) atoms. The highest BCUT2D eigenvalue weighted by molar-refractivity contribution is 6.01. The van der Waals surface area contributed by atoms with Gasteiger partial charge in [-0.1, -0.05) is 6.92 Å². The largest absolute Gasteiger partial charge is 0.399 e. The van der Waals surface area contributed by atoms with Crippen molar-refractivity contribution in [2.24, 2.45) is 0 Å². The molecular formula is C13H20N4O2. The van der Waals surface area contributed by atoms with Crippen LogP contribution in [0.4, 0.5) is 11.4 Å². The minimum atomic E-state index is -0.261. The minimum absolute atomic E-state index is 0.0208. The van der Waals surface area contributed by atoms with Crippen molar-refractivity contribution >= 4 is 23.2 Å². The summed E-state index contributed by atoms with van der Waals surface area (Å²) in [5.41, 5.74) is 12.6. The number of carbonyl (C=O) groups is 2. The number of nitrogens with one attached hydrogen (secondary N) is 1. The van der Waals surface area contributed by atoms with Gasteiger partial charge in [0.25, 0.3) is 5.91 Å². The topological polar surface area (TPSA) is 101 Å². The molecule has 0 spiro atoms. The molecule has 0 heterocycles. The van der Waals surface area contributed by atoms with Crippen molar-refractivity contribution in [2.45, 2.75) is 13.3 Å². The van der Waals surface area contributed by atoms with Crippen molar-refractivity contribution in [1.29, 1.82) is 0 Å². The maximum absolute atomic E-state index is 12.3. The summed E-state index contributed by atoms with van der Waals surface area (Å²) in [6, 6.07) is 4.74. The fraction of sp³-hybridized carbons (Fsp3) is 0.385. The number of nitrogens with two attached hydrogens (primary N) is 2. The van der Waals surface area contributed by atoms with Crippen LogP contribution in [0, 0.1) is 0 Å². The second-order valence-electron chi connectivity index (χ2n) is 4.25. The number of nitrogens with zero attached hydrogens (tertiary/aromatic N) is 1. The van der Waals surface area contributed by atoms with Crippen LogP contribution in [0.5, 0.6) is 0 Å². The van der Waals surface area contributed by atoms with E-state index in [1.54, 1.807) is 12.1 Å². The van der Waals surface area contributed by atoms with Crippen molar-refractivity contribution in [3.63, 3.8) is 0 Å². The molecule has 1 rings (SSSR count). The van der Waals surface area contributed by atoms with Crippen LogP contribution in [0.15, 0.2) is 18.2 Å². The third-order valence-corrected chi connectivity index (χ3v) is 2.70. The van der Waals surface area contributed by atoms with Gasteiger partial charge in [-0.3, -0.25) is 9.59 Å². The Kier molecular flexibility index (Phi) is 5.17. The normalized spacial score (nSPS) is 10.0. The first-order chi connectivity index (χ1) is 8.99. The average Bonchev–Trinajstić information content (AvgIpc) is 2.37. The van der Waals surface area contributed by atoms with Crippen LogP contribution in [0.2, 0.25) is 0 Å². The molecule has 0 fully saturated rings. The maximum atomic E-state index is 12.3. The molecule has 104 valence electrons. The first-order valence-corrected chi connectivity index (χ1v) is 6.14. The molecule has 0 unspecified atom stereocenters. The lowest BCUT2D eigenvalue weighted by Gasteiger charge is -2.22. The van der Waals surface area contributed by atoms with E-state index in [1.807, 2.05) is 6.92 Å². The van der Waals surface area contributed by atoms with Gasteiger partial charge < -0.3 is 21.7 Å². The zero-order valence-corrected chi connectivity index (χ0v) is 11.3. The van der Waals surface area contributed by atoms with Crippen molar-refractivity contribution < 1.29 is 9.59 Å². The van der Waals surface area contributed by atoms with Gasteiger partial charge in [-0.25, -0.2) is 0 Å². The Balaban J connectivity index is 2.95. The average molecular weight is 264 g/mol. The number of amides is 2. The van der Waals surface area contributed by atoms with Crippen molar-refractivity contribution in [2.75, 3.05) is 31.6 Å². The molecular weight excluding hydrogens is 244 g/mol. The highest BCUT2D eigenvalue weighted by Gasteiger charge is 2.19. The van der Waals surface area contributed by atoms with Crippen LogP contribution >= 0.6 is 0 Å². The fourth-order valence-electron chi connectivity index (χ4n) is 1.72. The van der Waals surface area contributed by atoms with Gasteiger partial charge in [0, 0.05) is 25.0 Å². The summed E-state index contributed by atoms with van der Waals surface area (Å²) in [5.74, 6) is -0.473. The van der Waals surface area contributed by atoms with E-state index in [2.05, 4.69) is 5.32 Å². The summed E-state index contributed by atoms with van der Waals surface area (Å²) < 4.78 is 0. The number of rotatable bonds is 5. The molecule has 0 aliphatic heterocycles. The molecule has 0 saturated carbocycles. The summed E-state index contributed by atoms with van der Waals surface area (Å²) >= 11 is 0. The third kappa shape index (κ3) is 3.87. The Morgan fingerprint density at radius 2 is 2.00 bits per heavy atom. The molecule has 0 atom stereocenters. The summed E-state index contributed by atoms with van der Waals surface area (Å²) in [7, 11) is 1.54. The standard InChI is InChI=1S/C13H20N4O2/c1-3-6-17(8-12(18)16-2)13(19)10-5-4-9(14)7-11(10)15/h4-5,7H,3,6,8,14-15H2,1-2H3,(H,16,18). The number of hydrogen-bond acceptors (Lipinski definition) is 4. The SMILES string of the molecule is CCCN(CC(=O)NC)C(=O)c1ccc(N)cc1N. The Morgan fingerprint density at radius 1 is 1.32 bits per heavy atom. The summed E-state index contributed by atoms with van der Waals surface area (Å²) in [6.07, 6.45) is 0.762. The quantitative estimate of drug-likeness (QED) is 0.672. The van der Waals surface area contributed by atoms with Crippen molar-refractivity contribution in [1.82, 2.24) is 10.2 Å². The molecule has 0 aliphatic rings. The maximum Gasteiger partial charge on any atom is 0.256 e. The first kappa shape index (κ1) is 14.8. The van der Waals surface area contributed by atoms with Gasteiger partial charge in [-0.15, -0.1) is 0 Å². The van der Waals surface area contributed by atoms with Crippen LogP contribution in [0.3, 0.4) is 0 Å². The lowest BCUT2D eigenvalue weighted by atomic mass is 10.1. The van der Waals surface area contributed by atoms with E-state index in [4.69, 9.17) is 11.5 Å². The van der Waals surface area contributed by atoms with Crippen LogP contribution in [-0.4, -0.2) is 36.9 Å². The molecule has 1 aromatic rings. The molecule has 0 radical (unpaired) electrons. The Bertz CT molecular complexity index is 474. The number of benzene rings is 1. The van der Waals surface area contributed by atoms with Crippen LogP contribution in [0.25, 0.3) is 0 Å². The monoisotopic (exact) mass is 264 g/mol. The number of anilines is 2. The fourth-order valence-corrected chi connectivity index (χ4v) is 1.72. The van der Waals surface area contributed by atoms with E-state index in [-0.39, 0.29) is 18.4 Å². The van der Waals surface area contributed by atoms with Gasteiger partial charge in [-0.05, 0) is 24.6 Å². The van der Waals surface area contributed by atoms with Crippen LogP contribution in [0.1, 0.15) is 23.7 Å². The van der Waals surface area contributed by atoms with Gasteiger partial charge in [0.2, 0.25) is 5.91 Å². The second kappa shape index (κ2) is 6.63.